The maximum Gasteiger partial charge on any atom is 0.409 e. The number of carboxylic acids is 1. The molecule has 2 aromatic rings. The highest BCUT2D eigenvalue weighted by atomic mass is 16.6. The molecule has 1 fully saturated rings. The summed E-state index contributed by atoms with van der Waals surface area (Å²) in [7, 11) is 1.66. The first kappa shape index (κ1) is 18.5. The highest BCUT2D eigenvalue weighted by molar-refractivity contribution is 5.79. The van der Waals surface area contributed by atoms with Crippen molar-refractivity contribution in [2.24, 2.45) is 5.92 Å². The van der Waals surface area contributed by atoms with Gasteiger partial charge in [-0.25, -0.2) is 4.79 Å². The number of carboxylic acid groups (broad SMARTS) is 1. The highest BCUT2D eigenvalue weighted by Gasteiger charge is 2.36. The van der Waals surface area contributed by atoms with E-state index in [2.05, 4.69) is 24.3 Å². The van der Waals surface area contributed by atoms with Crippen LogP contribution in [0.5, 0.6) is 0 Å². The van der Waals surface area contributed by atoms with Gasteiger partial charge in [0.05, 0.1) is 5.92 Å². The lowest BCUT2D eigenvalue weighted by molar-refractivity contribution is -0.145. The van der Waals surface area contributed by atoms with Crippen molar-refractivity contribution >= 4 is 12.1 Å². The molecule has 5 nitrogen and oxygen atoms in total. The fraction of sp³-hybridized carbons (Fsp3) is 0.391. The second-order valence-corrected chi connectivity index (χ2v) is 7.71. The van der Waals surface area contributed by atoms with Crippen molar-refractivity contribution in [1.29, 1.82) is 0 Å². The van der Waals surface area contributed by atoms with Gasteiger partial charge < -0.3 is 14.7 Å². The summed E-state index contributed by atoms with van der Waals surface area (Å²) in [6, 6.07) is 16.1. The number of ether oxygens (including phenoxy) is 1. The number of carbonyl (C=O) groups is 2. The number of rotatable bonds is 4. The Labute approximate surface area is 164 Å². The molecule has 2 aliphatic carbocycles. The molecule has 28 heavy (non-hydrogen) atoms. The Kier molecular flexibility index (Phi) is 5.07. The molecule has 0 heterocycles. The summed E-state index contributed by atoms with van der Waals surface area (Å²) in [5.41, 5.74) is 4.71. The maximum absolute atomic E-state index is 12.7. The minimum absolute atomic E-state index is 0.00590. The van der Waals surface area contributed by atoms with E-state index >= 15 is 0 Å². The van der Waals surface area contributed by atoms with Gasteiger partial charge in [-0.1, -0.05) is 61.4 Å². The standard InChI is InChI=1S/C23H25NO4/c1-24(21-13-7-6-12-19(21)22(25)26)23(27)28-14-20-17-10-4-2-8-15(17)16-9-3-5-11-18(16)20/h2-5,8-11,19-21H,6-7,12-14H2,1H3,(H,25,26)/t19-,21-/m0/s1. The first-order chi connectivity index (χ1) is 13.6. The summed E-state index contributed by atoms with van der Waals surface area (Å²) < 4.78 is 5.68. The van der Waals surface area contributed by atoms with Gasteiger partial charge in [0.25, 0.3) is 0 Å². The van der Waals surface area contributed by atoms with Gasteiger partial charge in [-0.15, -0.1) is 0 Å². The Morgan fingerprint density at radius 3 is 2.18 bits per heavy atom. The van der Waals surface area contributed by atoms with Gasteiger partial charge in [-0.3, -0.25) is 4.79 Å². The molecule has 2 aliphatic rings. The first-order valence-electron chi connectivity index (χ1n) is 9.88. The van der Waals surface area contributed by atoms with Gasteiger partial charge in [-0.2, -0.15) is 0 Å². The SMILES string of the molecule is CN(C(=O)OCC1c2ccccc2-c2ccccc21)[C@H]1CCCC[C@@H]1C(=O)O. The largest absolute Gasteiger partial charge is 0.481 e. The third-order valence-electron chi connectivity index (χ3n) is 6.17. The molecule has 0 unspecified atom stereocenters. The number of fused-ring (bicyclic) bond motifs is 3. The Morgan fingerprint density at radius 2 is 1.57 bits per heavy atom. The van der Waals surface area contributed by atoms with Crippen LogP contribution in [0.25, 0.3) is 11.1 Å². The molecule has 0 bridgehead atoms. The van der Waals surface area contributed by atoms with Crippen molar-refractivity contribution in [2.45, 2.75) is 37.6 Å². The van der Waals surface area contributed by atoms with Crippen LogP contribution in [-0.4, -0.2) is 41.8 Å². The van der Waals surface area contributed by atoms with Crippen molar-refractivity contribution in [3.8, 4) is 11.1 Å². The molecule has 1 N–H and O–H groups in total. The average molecular weight is 379 g/mol. The number of aliphatic carboxylic acids is 1. The van der Waals surface area contributed by atoms with Gasteiger partial charge in [0.15, 0.2) is 0 Å². The van der Waals surface area contributed by atoms with Gasteiger partial charge in [0, 0.05) is 19.0 Å². The van der Waals surface area contributed by atoms with E-state index in [4.69, 9.17) is 4.74 Å². The summed E-state index contributed by atoms with van der Waals surface area (Å²) in [4.78, 5) is 25.7. The molecule has 0 aliphatic heterocycles. The highest BCUT2D eigenvalue weighted by Crippen LogP contribution is 2.44. The lowest BCUT2D eigenvalue weighted by Crippen LogP contribution is -2.46. The van der Waals surface area contributed by atoms with Crippen LogP contribution in [0.15, 0.2) is 48.5 Å². The summed E-state index contributed by atoms with van der Waals surface area (Å²) >= 11 is 0. The van der Waals surface area contributed by atoms with Crippen molar-refractivity contribution in [3.63, 3.8) is 0 Å². The Balaban J connectivity index is 1.48. The smallest absolute Gasteiger partial charge is 0.409 e. The summed E-state index contributed by atoms with van der Waals surface area (Å²) in [6.07, 6.45) is 2.71. The number of hydrogen-bond donors (Lipinski definition) is 1. The molecule has 4 rings (SSSR count). The van der Waals surface area contributed by atoms with Gasteiger partial charge in [0.1, 0.15) is 6.61 Å². The van der Waals surface area contributed by atoms with Crippen LogP contribution in [-0.2, 0) is 9.53 Å². The van der Waals surface area contributed by atoms with E-state index in [0.717, 1.165) is 12.8 Å². The monoisotopic (exact) mass is 379 g/mol. The fourth-order valence-corrected chi connectivity index (χ4v) is 4.69. The summed E-state index contributed by atoms with van der Waals surface area (Å²) in [5.74, 6) is -1.34. The quantitative estimate of drug-likeness (QED) is 0.849. The van der Waals surface area contributed by atoms with Gasteiger partial charge >= 0.3 is 12.1 Å². The minimum Gasteiger partial charge on any atom is -0.481 e. The second-order valence-electron chi connectivity index (χ2n) is 7.71. The number of carbonyl (C=O) groups excluding carboxylic acids is 1. The molecule has 0 aromatic heterocycles. The molecule has 2 atom stereocenters. The molecule has 0 spiro atoms. The van der Waals surface area contributed by atoms with E-state index in [0.29, 0.717) is 12.8 Å². The molecule has 1 saturated carbocycles. The molecule has 146 valence electrons. The molecule has 0 radical (unpaired) electrons. The van der Waals surface area contributed by atoms with E-state index in [9.17, 15) is 14.7 Å². The molecule has 0 saturated heterocycles. The predicted octanol–water partition coefficient (Wildman–Crippen LogP) is 4.51. The Hall–Kier alpha value is -2.82. The number of nitrogens with zero attached hydrogens (tertiary/aromatic N) is 1. The average Bonchev–Trinajstić information content (AvgIpc) is 3.05. The molecule has 1 amide bonds. The van der Waals surface area contributed by atoms with Crippen molar-refractivity contribution in [3.05, 3.63) is 59.7 Å². The zero-order chi connectivity index (χ0) is 19.7. The predicted molar refractivity (Wildman–Crippen MR) is 106 cm³/mol. The van der Waals surface area contributed by atoms with E-state index in [1.54, 1.807) is 7.05 Å². The van der Waals surface area contributed by atoms with Crippen molar-refractivity contribution in [2.75, 3.05) is 13.7 Å². The molecule has 2 aromatic carbocycles. The first-order valence-corrected chi connectivity index (χ1v) is 9.88. The lowest BCUT2D eigenvalue weighted by Gasteiger charge is -2.35. The minimum atomic E-state index is -0.831. The van der Waals surface area contributed by atoms with Crippen LogP contribution >= 0.6 is 0 Å². The fourth-order valence-electron chi connectivity index (χ4n) is 4.69. The number of hydrogen-bond acceptors (Lipinski definition) is 3. The molecular formula is C23H25NO4. The van der Waals surface area contributed by atoms with Crippen molar-refractivity contribution in [1.82, 2.24) is 4.90 Å². The number of benzene rings is 2. The third-order valence-corrected chi connectivity index (χ3v) is 6.17. The number of amides is 1. The summed E-state index contributed by atoms with van der Waals surface area (Å²) in [6.45, 7) is 0.252. The van der Waals surface area contributed by atoms with Crippen LogP contribution in [0.4, 0.5) is 4.79 Å². The van der Waals surface area contributed by atoms with Crippen LogP contribution < -0.4 is 0 Å². The van der Waals surface area contributed by atoms with E-state index in [1.807, 2.05) is 24.3 Å². The van der Waals surface area contributed by atoms with Gasteiger partial charge in [-0.05, 0) is 35.1 Å². The Morgan fingerprint density at radius 1 is 1.00 bits per heavy atom. The van der Waals surface area contributed by atoms with Crippen LogP contribution in [0.2, 0.25) is 0 Å². The summed E-state index contributed by atoms with van der Waals surface area (Å²) in [5, 5.41) is 9.48. The normalized spacial score (nSPS) is 20.9. The van der Waals surface area contributed by atoms with E-state index in [-0.39, 0.29) is 18.6 Å². The van der Waals surface area contributed by atoms with Crippen LogP contribution in [0.3, 0.4) is 0 Å². The molecular weight excluding hydrogens is 354 g/mol. The van der Waals surface area contributed by atoms with Crippen LogP contribution in [0.1, 0.15) is 42.7 Å². The Bertz CT molecular complexity index is 848. The second kappa shape index (κ2) is 7.66. The van der Waals surface area contributed by atoms with E-state index < -0.39 is 18.0 Å². The zero-order valence-corrected chi connectivity index (χ0v) is 16.0. The molecule has 5 heteroatoms. The van der Waals surface area contributed by atoms with E-state index in [1.165, 1.54) is 27.2 Å². The zero-order valence-electron chi connectivity index (χ0n) is 16.0. The maximum atomic E-state index is 12.7. The van der Waals surface area contributed by atoms with Gasteiger partial charge in [0.2, 0.25) is 0 Å². The lowest BCUT2D eigenvalue weighted by atomic mass is 9.84. The van der Waals surface area contributed by atoms with Crippen LogP contribution in [0, 0.1) is 5.92 Å². The van der Waals surface area contributed by atoms with Crippen molar-refractivity contribution < 1.29 is 19.4 Å². The third kappa shape index (κ3) is 3.26. The topological polar surface area (TPSA) is 66.8 Å².